The number of hydrogen-bond donors (Lipinski definition) is 1. The molecule has 0 aromatic heterocycles. The summed E-state index contributed by atoms with van der Waals surface area (Å²) < 4.78 is 5.22. The van der Waals surface area contributed by atoms with Gasteiger partial charge in [0.2, 0.25) is 0 Å². The van der Waals surface area contributed by atoms with Crippen LogP contribution in [0.5, 0.6) is 5.75 Å². The lowest BCUT2D eigenvalue weighted by molar-refractivity contribution is 0.416. The molecule has 2 aromatic carbocycles. The molecule has 0 fully saturated rings. The van der Waals surface area contributed by atoms with Gasteiger partial charge < -0.3 is 10.5 Å². The van der Waals surface area contributed by atoms with Crippen LogP contribution in [-0.4, -0.2) is 12.9 Å². The van der Waals surface area contributed by atoms with Crippen molar-refractivity contribution in [1.82, 2.24) is 0 Å². The molecule has 0 aliphatic carbocycles. The zero-order valence-electron chi connectivity index (χ0n) is 10.0. The van der Waals surface area contributed by atoms with Crippen LogP contribution in [0.3, 0.4) is 0 Å². The fourth-order valence-electron chi connectivity index (χ4n) is 1.53. The third-order valence-corrected chi connectivity index (χ3v) is 2.40. The summed E-state index contributed by atoms with van der Waals surface area (Å²) in [4.78, 5) is 4.37. The fraction of sp³-hybridized carbons (Fsp3) is 0.0714. The molecular weight excluding hydrogens is 248 g/mol. The van der Waals surface area contributed by atoms with Crippen LogP contribution < -0.4 is 10.5 Å². The van der Waals surface area contributed by atoms with Gasteiger partial charge in [0.1, 0.15) is 17.3 Å². The zero-order valence-corrected chi connectivity index (χ0v) is 10.9. The zero-order chi connectivity index (χ0) is 12.1. The highest BCUT2D eigenvalue weighted by Crippen LogP contribution is 2.26. The van der Waals surface area contributed by atoms with E-state index in [1.807, 2.05) is 54.6 Å². The van der Waals surface area contributed by atoms with Gasteiger partial charge in [0.05, 0.1) is 7.11 Å². The van der Waals surface area contributed by atoms with E-state index in [1.165, 1.54) is 0 Å². The Morgan fingerprint density at radius 2 is 1.61 bits per heavy atom. The Morgan fingerprint density at radius 1 is 1.00 bits per heavy atom. The van der Waals surface area contributed by atoms with E-state index in [0.717, 1.165) is 11.3 Å². The van der Waals surface area contributed by atoms with Gasteiger partial charge in [-0.3, -0.25) is 0 Å². The number of hydrogen-bond acceptors (Lipinski definition) is 2. The van der Waals surface area contributed by atoms with E-state index in [1.54, 1.807) is 7.11 Å². The largest absolute Gasteiger partial charge is 0.494 e. The quantitative estimate of drug-likeness (QED) is 0.682. The molecule has 2 N–H and O–H groups in total. The predicted molar refractivity (Wildman–Crippen MR) is 77.1 cm³/mol. The molecule has 0 atom stereocenters. The van der Waals surface area contributed by atoms with Crippen molar-refractivity contribution in [3.05, 3.63) is 60.2 Å². The van der Waals surface area contributed by atoms with Crippen LogP contribution in [0, 0.1) is 0 Å². The summed E-state index contributed by atoms with van der Waals surface area (Å²) in [7, 11) is 1.62. The van der Waals surface area contributed by atoms with E-state index >= 15 is 0 Å². The third kappa shape index (κ3) is 3.25. The molecule has 4 heteroatoms. The molecule has 0 spiro atoms. The van der Waals surface area contributed by atoms with Crippen LogP contribution >= 0.6 is 12.4 Å². The van der Waals surface area contributed by atoms with Crippen LogP contribution in [-0.2, 0) is 0 Å². The molecule has 0 aliphatic rings. The lowest BCUT2D eigenvalue weighted by Crippen LogP contribution is -2.12. The van der Waals surface area contributed by atoms with Gasteiger partial charge in [-0.1, -0.05) is 42.5 Å². The van der Waals surface area contributed by atoms with E-state index in [-0.39, 0.29) is 12.4 Å². The van der Waals surface area contributed by atoms with Gasteiger partial charge in [-0.25, -0.2) is 4.99 Å². The first kappa shape index (κ1) is 14.1. The van der Waals surface area contributed by atoms with Gasteiger partial charge in [-0.05, 0) is 12.1 Å². The number of nitrogens with zero attached hydrogens (tertiary/aromatic N) is 1. The van der Waals surface area contributed by atoms with Crippen LogP contribution in [0.25, 0.3) is 0 Å². The van der Waals surface area contributed by atoms with Crippen LogP contribution in [0.4, 0.5) is 5.69 Å². The van der Waals surface area contributed by atoms with E-state index in [4.69, 9.17) is 10.5 Å². The minimum Gasteiger partial charge on any atom is -0.494 e. The summed E-state index contributed by atoms with van der Waals surface area (Å²) >= 11 is 0. The van der Waals surface area contributed by atoms with Crippen LogP contribution in [0.1, 0.15) is 5.56 Å². The molecular formula is C14H15ClN2O. The van der Waals surface area contributed by atoms with Gasteiger partial charge in [-0.2, -0.15) is 0 Å². The Kier molecular flexibility index (Phi) is 5.21. The summed E-state index contributed by atoms with van der Waals surface area (Å²) in [6.45, 7) is 0. The highest BCUT2D eigenvalue weighted by molar-refractivity contribution is 5.99. The fourth-order valence-corrected chi connectivity index (χ4v) is 1.53. The molecule has 2 rings (SSSR count). The number of methoxy groups -OCH3 is 1. The molecule has 0 radical (unpaired) electrons. The number of ether oxygens (including phenoxy) is 1. The SMILES string of the molecule is COc1ccccc1N=C(N)c1ccccc1.Cl. The Balaban J connectivity index is 0.00000162. The molecule has 2 aromatic rings. The normalized spacial score (nSPS) is 10.6. The average Bonchev–Trinajstić information content (AvgIpc) is 2.40. The van der Waals surface area contributed by atoms with Crippen molar-refractivity contribution >= 4 is 23.9 Å². The second kappa shape index (κ2) is 6.67. The van der Waals surface area contributed by atoms with Crippen molar-refractivity contribution in [2.45, 2.75) is 0 Å². The molecule has 3 nitrogen and oxygen atoms in total. The van der Waals surface area contributed by atoms with Gasteiger partial charge >= 0.3 is 0 Å². The molecule has 0 saturated carbocycles. The van der Waals surface area contributed by atoms with Crippen LogP contribution in [0.15, 0.2) is 59.6 Å². The summed E-state index contributed by atoms with van der Waals surface area (Å²) in [6, 6.07) is 17.2. The number of para-hydroxylation sites is 2. The second-order valence-corrected chi connectivity index (χ2v) is 3.53. The molecule has 0 unspecified atom stereocenters. The van der Waals surface area contributed by atoms with E-state index in [0.29, 0.717) is 11.6 Å². The van der Waals surface area contributed by atoms with Crippen molar-refractivity contribution < 1.29 is 4.74 Å². The summed E-state index contributed by atoms with van der Waals surface area (Å²) in [5.74, 6) is 1.20. The first-order chi connectivity index (χ1) is 8.31. The Bertz CT molecular complexity index is 526. The van der Waals surface area contributed by atoms with Gasteiger partial charge in [0.15, 0.2) is 0 Å². The maximum absolute atomic E-state index is 5.95. The molecule has 0 saturated heterocycles. The Hall–Kier alpha value is -2.00. The first-order valence-electron chi connectivity index (χ1n) is 5.34. The minimum absolute atomic E-state index is 0. The summed E-state index contributed by atoms with van der Waals surface area (Å²) in [6.07, 6.45) is 0. The number of amidine groups is 1. The molecule has 0 aliphatic heterocycles. The summed E-state index contributed by atoms with van der Waals surface area (Å²) in [5.41, 5.74) is 7.58. The molecule has 0 heterocycles. The van der Waals surface area contributed by atoms with Crippen LogP contribution in [0.2, 0.25) is 0 Å². The number of nitrogens with two attached hydrogens (primary N) is 1. The maximum Gasteiger partial charge on any atom is 0.144 e. The molecule has 0 bridgehead atoms. The average molecular weight is 263 g/mol. The number of benzene rings is 2. The van der Waals surface area contributed by atoms with E-state index in [2.05, 4.69) is 4.99 Å². The van der Waals surface area contributed by atoms with Gasteiger partial charge in [0, 0.05) is 5.56 Å². The monoisotopic (exact) mass is 262 g/mol. The van der Waals surface area contributed by atoms with Crippen molar-refractivity contribution in [3.8, 4) is 5.75 Å². The molecule has 0 amide bonds. The lowest BCUT2D eigenvalue weighted by atomic mass is 10.2. The van der Waals surface area contributed by atoms with E-state index < -0.39 is 0 Å². The second-order valence-electron chi connectivity index (χ2n) is 3.53. The van der Waals surface area contributed by atoms with Gasteiger partial charge in [-0.15, -0.1) is 12.4 Å². The number of halogens is 1. The highest BCUT2D eigenvalue weighted by atomic mass is 35.5. The lowest BCUT2D eigenvalue weighted by Gasteiger charge is -2.05. The smallest absolute Gasteiger partial charge is 0.144 e. The predicted octanol–water partition coefficient (Wildman–Crippen LogP) is 3.15. The third-order valence-electron chi connectivity index (χ3n) is 2.40. The van der Waals surface area contributed by atoms with Crippen molar-refractivity contribution in [2.24, 2.45) is 10.7 Å². The Labute approximate surface area is 113 Å². The van der Waals surface area contributed by atoms with Crippen molar-refractivity contribution in [2.75, 3.05) is 7.11 Å². The number of rotatable bonds is 3. The standard InChI is InChI=1S/C14H14N2O.ClH/c1-17-13-10-6-5-9-12(13)16-14(15)11-7-3-2-4-8-11;/h2-10H,1H3,(H2,15,16);1H. The maximum atomic E-state index is 5.95. The molecule has 94 valence electrons. The first-order valence-corrected chi connectivity index (χ1v) is 5.34. The number of aliphatic imine (C=N–C) groups is 1. The summed E-state index contributed by atoms with van der Waals surface area (Å²) in [5, 5.41) is 0. The highest BCUT2D eigenvalue weighted by Gasteiger charge is 2.02. The Morgan fingerprint density at radius 3 is 2.28 bits per heavy atom. The molecule has 18 heavy (non-hydrogen) atoms. The van der Waals surface area contributed by atoms with Crippen molar-refractivity contribution in [1.29, 1.82) is 0 Å². The minimum atomic E-state index is 0. The van der Waals surface area contributed by atoms with E-state index in [9.17, 15) is 0 Å². The topological polar surface area (TPSA) is 47.6 Å². The van der Waals surface area contributed by atoms with Gasteiger partial charge in [0.25, 0.3) is 0 Å². The van der Waals surface area contributed by atoms with Crippen molar-refractivity contribution in [3.63, 3.8) is 0 Å².